The van der Waals surface area contributed by atoms with E-state index < -0.39 is 5.24 Å². The van der Waals surface area contributed by atoms with Gasteiger partial charge in [0.25, 0.3) is 5.24 Å². The van der Waals surface area contributed by atoms with E-state index in [0.29, 0.717) is 5.56 Å². The average Bonchev–Trinajstić information content (AvgIpc) is 2.70. The van der Waals surface area contributed by atoms with E-state index in [9.17, 15) is 4.79 Å². The topological polar surface area (TPSA) is 34.9 Å². The molecule has 1 aromatic carbocycles. The fourth-order valence-electron chi connectivity index (χ4n) is 1.97. The molecule has 0 amide bonds. The molecule has 3 nitrogen and oxygen atoms in total. The van der Waals surface area contributed by atoms with Crippen LogP contribution < -0.4 is 0 Å². The number of carbonyl (C=O) groups is 1. The number of benzene rings is 1. The molecule has 0 unspecified atom stereocenters. The fourth-order valence-corrected chi connectivity index (χ4v) is 2.15. The Morgan fingerprint density at radius 3 is 2.21 bits per heavy atom. The predicted octanol–water partition coefficient (Wildman–Crippen LogP) is 3.86. The number of hydrogen-bond donors (Lipinski definition) is 0. The molecule has 2 rings (SSSR count). The van der Waals surface area contributed by atoms with Gasteiger partial charge in [0.05, 0.1) is 23.1 Å². The largest absolute Gasteiger partial charge is 0.275 e. The first kappa shape index (κ1) is 13.8. The van der Waals surface area contributed by atoms with Crippen LogP contribution in [0.4, 0.5) is 0 Å². The molecule has 0 bridgehead atoms. The summed E-state index contributed by atoms with van der Waals surface area (Å²) in [5, 5.41) is 3.73. The van der Waals surface area contributed by atoms with Crippen molar-refractivity contribution in [1.29, 1.82) is 0 Å². The SMILES string of the molecule is Cc1c(C(=O)Cl)cnn1-c1ccc(C(C)(C)C)cc1. The molecule has 4 heteroatoms. The first-order valence-electron chi connectivity index (χ1n) is 6.16. The lowest BCUT2D eigenvalue weighted by molar-refractivity contribution is 0.108. The van der Waals surface area contributed by atoms with Gasteiger partial charge in [-0.2, -0.15) is 5.10 Å². The number of halogens is 1. The molecule has 0 saturated carbocycles. The normalized spacial score (nSPS) is 11.6. The Morgan fingerprint density at radius 1 is 1.21 bits per heavy atom. The maximum atomic E-state index is 11.2. The molecule has 0 fully saturated rings. The Kier molecular flexibility index (Phi) is 3.50. The fraction of sp³-hybridized carbons (Fsp3) is 0.333. The average molecular weight is 277 g/mol. The van der Waals surface area contributed by atoms with Crippen LogP contribution in [0.15, 0.2) is 30.5 Å². The second kappa shape index (κ2) is 4.82. The zero-order chi connectivity index (χ0) is 14.2. The Bertz CT molecular complexity index is 606. The van der Waals surface area contributed by atoms with Crippen molar-refractivity contribution in [2.24, 2.45) is 0 Å². The number of carbonyl (C=O) groups excluding carboxylic acids is 1. The van der Waals surface area contributed by atoms with Gasteiger partial charge in [-0.3, -0.25) is 4.79 Å². The van der Waals surface area contributed by atoms with E-state index in [-0.39, 0.29) is 5.41 Å². The van der Waals surface area contributed by atoms with E-state index >= 15 is 0 Å². The Labute approximate surface area is 118 Å². The third-order valence-electron chi connectivity index (χ3n) is 3.20. The van der Waals surface area contributed by atoms with Gasteiger partial charge in [-0.25, -0.2) is 4.68 Å². The van der Waals surface area contributed by atoms with Crippen LogP contribution >= 0.6 is 11.6 Å². The summed E-state index contributed by atoms with van der Waals surface area (Å²) in [6, 6.07) is 8.17. The summed E-state index contributed by atoms with van der Waals surface area (Å²) in [6.07, 6.45) is 1.50. The molecule has 0 aliphatic carbocycles. The summed E-state index contributed by atoms with van der Waals surface area (Å²) in [4.78, 5) is 11.2. The Hall–Kier alpha value is -1.61. The van der Waals surface area contributed by atoms with Gasteiger partial charge in [0.2, 0.25) is 0 Å². The molecular formula is C15H17ClN2O. The lowest BCUT2D eigenvalue weighted by Crippen LogP contribution is -2.11. The Morgan fingerprint density at radius 2 is 1.79 bits per heavy atom. The van der Waals surface area contributed by atoms with E-state index in [2.05, 4.69) is 38.0 Å². The third kappa shape index (κ3) is 2.71. The quantitative estimate of drug-likeness (QED) is 0.781. The third-order valence-corrected chi connectivity index (χ3v) is 3.40. The molecule has 1 aromatic heterocycles. The van der Waals surface area contributed by atoms with Crippen molar-refractivity contribution >= 4 is 16.8 Å². The summed E-state index contributed by atoms with van der Waals surface area (Å²) >= 11 is 5.50. The molecule has 0 radical (unpaired) electrons. The molecule has 0 spiro atoms. The molecule has 0 aliphatic rings. The highest BCUT2D eigenvalue weighted by atomic mass is 35.5. The minimum Gasteiger partial charge on any atom is -0.275 e. The van der Waals surface area contributed by atoms with Crippen molar-refractivity contribution in [1.82, 2.24) is 9.78 Å². The van der Waals surface area contributed by atoms with Gasteiger partial charge in [-0.05, 0) is 41.6 Å². The van der Waals surface area contributed by atoms with Crippen LogP contribution in [-0.4, -0.2) is 15.0 Å². The second-order valence-electron chi connectivity index (χ2n) is 5.63. The van der Waals surface area contributed by atoms with Crippen LogP contribution in [0.5, 0.6) is 0 Å². The molecule has 1 heterocycles. The van der Waals surface area contributed by atoms with Gasteiger partial charge in [-0.15, -0.1) is 0 Å². The smallest absolute Gasteiger partial charge is 0.255 e. The van der Waals surface area contributed by atoms with Gasteiger partial charge in [0.15, 0.2) is 0 Å². The van der Waals surface area contributed by atoms with Gasteiger partial charge in [0.1, 0.15) is 0 Å². The Balaban J connectivity index is 2.41. The van der Waals surface area contributed by atoms with Gasteiger partial charge in [0, 0.05) is 0 Å². The molecule has 0 saturated heterocycles. The zero-order valence-electron chi connectivity index (χ0n) is 11.6. The standard InChI is InChI=1S/C15H17ClN2O/c1-10-13(14(16)19)9-17-18(10)12-7-5-11(6-8-12)15(2,3)4/h5-9H,1-4H3. The van der Waals surface area contributed by atoms with Crippen molar-refractivity contribution in [2.45, 2.75) is 33.1 Å². The number of rotatable bonds is 2. The van der Waals surface area contributed by atoms with Crippen molar-refractivity contribution < 1.29 is 4.79 Å². The highest BCUT2D eigenvalue weighted by Crippen LogP contribution is 2.24. The van der Waals surface area contributed by atoms with Crippen molar-refractivity contribution in [3.05, 3.63) is 47.3 Å². The molecule has 0 atom stereocenters. The summed E-state index contributed by atoms with van der Waals surface area (Å²) in [7, 11) is 0. The molecule has 19 heavy (non-hydrogen) atoms. The van der Waals surface area contributed by atoms with E-state index in [0.717, 1.165) is 11.4 Å². The summed E-state index contributed by atoms with van der Waals surface area (Å²) in [5.41, 5.74) is 3.50. The van der Waals surface area contributed by atoms with Gasteiger partial charge >= 0.3 is 0 Å². The molecule has 100 valence electrons. The van der Waals surface area contributed by atoms with Crippen LogP contribution in [0, 0.1) is 6.92 Å². The molecule has 0 N–H and O–H groups in total. The minimum absolute atomic E-state index is 0.120. The lowest BCUT2D eigenvalue weighted by atomic mass is 9.87. The van der Waals surface area contributed by atoms with E-state index in [1.807, 2.05) is 19.1 Å². The van der Waals surface area contributed by atoms with Crippen LogP contribution in [-0.2, 0) is 5.41 Å². The first-order chi connectivity index (χ1) is 8.80. The molecular weight excluding hydrogens is 260 g/mol. The number of aromatic nitrogens is 2. The molecule has 0 aliphatic heterocycles. The minimum atomic E-state index is -0.477. The number of nitrogens with zero attached hydrogens (tertiary/aromatic N) is 2. The second-order valence-corrected chi connectivity index (χ2v) is 5.97. The van der Waals surface area contributed by atoms with Crippen molar-refractivity contribution in [3.8, 4) is 5.69 Å². The maximum Gasteiger partial charge on any atom is 0.255 e. The van der Waals surface area contributed by atoms with Crippen molar-refractivity contribution in [2.75, 3.05) is 0 Å². The van der Waals surface area contributed by atoms with E-state index in [1.165, 1.54) is 11.8 Å². The summed E-state index contributed by atoms with van der Waals surface area (Å²) in [6.45, 7) is 8.35. The first-order valence-corrected chi connectivity index (χ1v) is 6.54. The van der Waals surface area contributed by atoms with Crippen LogP contribution in [0.3, 0.4) is 0 Å². The number of hydrogen-bond acceptors (Lipinski definition) is 2. The monoisotopic (exact) mass is 276 g/mol. The van der Waals surface area contributed by atoms with Crippen LogP contribution in [0.25, 0.3) is 5.69 Å². The summed E-state index contributed by atoms with van der Waals surface area (Å²) in [5.74, 6) is 0. The van der Waals surface area contributed by atoms with E-state index in [4.69, 9.17) is 11.6 Å². The maximum absolute atomic E-state index is 11.2. The summed E-state index contributed by atoms with van der Waals surface area (Å²) < 4.78 is 1.72. The highest BCUT2D eigenvalue weighted by molar-refractivity contribution is 6.67. The molecule has 2 aromatic rings. The van der Waals surface area contributed by atoms with Crippen LogP contribution in [0.1, 0.15) is 42.4 Å². The van der Waals surface area contributed by atoms with Gasteiger partial charge < -0.3 is 0 Å². The van der Waals surface area contributed by atoms with Crippen LogP contribution in [0.2, 0.25) is 0 Å². The lowest BCUT2D eigenvalue weighted by Gasteiger charge is -2.19. The van der Waals surface area contributed by atoms with Gasteiger partial charge in [-0.1, -0.05) is 32.9 Å². The van der Waals surface area contributed by atoms with Crippen molar-refractivity contribution in [3.63, 3.8) is 0 Å². The van der Waals surface area contributed by atoms with E-state index in [1.54, 1.807) is 4.68 Å². The highest BCUT2D eigenvalue weighted by Gasteiger charge is 2.15. The predicted molar refractivity (Wildman–Crippen MR) is 77.2 cm³/mol. The zero-order valence-corrected chi connectivity index (χ0v) is 12.3.